The molecule has 3 aromatic rings. The van der Waals surface area contributed by atoms with Crippen molar-refractivity contribution in [2.45, 2.75) is 25.1 Å². The van der Waals surface area contributed by atoms with E-state index < -0.39 is 11.7 Å². The fraction of sp³-hybridized carbons (Fsp3) is 0.192. The van der Waals surface area contributed by atoms with Crippen molar-refractivity contribution in [2.24, 2.45) is 0 Å². The van der Waals surface area contributed by atoms with Crippen molar-refractivity contribution in [3.05, 3.63) is 89.5 Å². The molecule has 1 atom stereocenters. The molecule has 0 aliphatic carbocycles. The first-order valence-electron chi connectivity index (χ1n) is 9.82. The van der Waals surface area contributed by atoms with Crippen LogP contribution in [0, 0.1) is 12.3 Å². The van der Waals surface area contributed by atoms with Crippen molar-refractivity contribution in [1.29, 1.82) is 0 Å². The Bertz CT molecular complexity index is 1090. The van der Waals surface area contributed by atoms with Crippen LogP contribution in [0.5, 0.6) is 5.75 Å². The zero-order valence-corrected chi connectivity index (χ0v) is 17.4. The number of carbonyl (C=O) groups excluding carboxylic acids is 1. The van der Waals surface area contributed by atoms with Gasteiger partial charge < -0.3 is 9.47 Å². The molecule has 0 aliphatic rings. The highest BCUT2D eigenvalue weighted by molar-refractivity contribution is 5.71. The molecular formula is C26H21F3O3. The zero-order valence-electron chi connectivity index (χ0n) is 17.4. The summed E-state index contributed by atoms with van der Waals surface area (Å²) in [5, 5.41) is 0. The smallest absolute Gasteiger partial charge is 0.416 e. The van der Waals surface area contributed by atoms with Crippen molar-refractivity contribution < 1.29 is 27.4 Å². The fourth-order valence-electron chi connectivity index (χ4n) is 3.18. The van der Waals surface area contributed by atoms with Crippen LogP contribution in [0.15, 0.2) is 72.8 Å². The summed E-state index contributed by atoms with van der Waals surface area (Å²) in [6, 6.07) is 19.6. The summed E-state index contributed by atoms with van der Waals surface area (Å²) >= 11 is 0. The number of alkyl halides is 3. The summed E-state index contributed by atoms with van der Waals surface area (Å²) in [5.74, 6) is 2.47. The van der Waals surface area contributed by atoms with Crippen LogP contribution >= 0.6 is 0 Å². The van der Waals surface area contributed by atoms with Gasteiger partial charge in [0.05, 0.1) is 25.0 Å². The van der Waals surface area contributed by atoms with Crippen molar-refractivity contribution in [3.63, 3.8) is 0 Å². The van der Waals surface area contributed by atoms with Gasteiger partial charge in [-0.05, 0) is 52.6 Å². The molecule has 0 saturated carbocycles. The van der Waals surface area contributed by atoms with E-state index in [1.807, 2.05) is 24.3 Å². The Morgan fingerprint density at radius 2 is 1.69 bits per heavy atom. The molecule has 164 valence electrons. The standard InChI is InChI=1S/C26H21F3O3/c1-3-19(16-25(30)31-2)20-9-13-24(14-10-20)32-17-18-5-4-6-22(15-18)21-7-11-23(12-8-21)26(27,28)29/h1,4-15,19H,16-17H2,2H3/t19-/m0/s1. The lowest BCUT2D eigenvalue weighted by molar-refractivity contribution is -0.141. The maximum atomic E-state index is 12.8. The summed E-state index contributed by atoms with van der Waals surface area (Å²) in [6.45, 7) is 0.286. The normalized spacial score (nSPS) is 12.0. The Labute approximate surface area is 184 Å². The van der Waals surface area contributed by atoms with E-state index in [-0.39, 0.29) is 24.9 Å². The molecule has 0 aromatic heterocycles. The van der Waals surface area contributed by atoms with Gasteiger partial charge in [-0.15, -0.1) is 6.42 Å². The average molecular weight is 438 g/mol. The first-order chi connectivity index (χ1) is 15.3. The van der Waals surface area contributed by atoms with Crippen LogP contribution < -0.4 is 4.74 Å². The molecule has 0 amide bonds. The molecule has 0 unspecified atom stereocenters. The van der Waals surface area contributed by atoms with Gasteiger partial charge in [-0.25, -0.2) is 0 Å². The highest BCUT2D eigenvalue weighted by atomic mass is 19.4. The SMILES string of the molecule is C#C[C@@H](CC(=O)OC)c1ccc(OCc2cccc(-c3ccc(C(F)(F)F)cc3)c2)cc1. The molecule has 6 heteroatoms. The monoisotopic (exact) mass is 438 g/mol. The number of ether oxygens (including phenoxy) is 2. The third kappa shape index (κ3) is 5.92. The number of benzene rings is 3. The van der Waals surface area contributed by atoms with E-state index in [1.54, 1.807) is 24.3 Å². The van der Waals surface area contributed by atoms with E-state index in [9.17, 15) is 18.0 Å². The predicted molar refractivity (Wildman–Crippen MR) is 116 cm³/mol. The molecule has 0 bridgehead atoms. The summed E-state index contributed by atoms with van der Waals surface area (Å²) in [5.41, 5.74) is 2.50. The van der Waals surface area contributed by atoms with E-state index in [2.05, 4.69) is 10.7 Å². The second kappa shape index (κ2) is 10.1. The predicted octanol–water partition coefficient (Wildman–Crippen LogP) is 6.23. The fourth-order valence-corrected chi connectivity index (χ4v) is 3.18. The average Bonchev–Trinajstić information content (AvgIpc) is 2.81. The van der Waals surface area contributed by atoms with Gasteiger partial charge in [0.1, 0.15) is 12.4 Å². The number of rotatable bonds is 7. The van der Waals surface area contributed by atoms with Crippen LogP contribution in [0.4, 0.5) is 13.2 Å². The minimum absolute atomic E-state index is 0.101. The van der Waals surface area contributed by atoms with Gasteiger partial charge >= 0.3 is 12.1 Å². The molecule has 0 spiro atoms. The summed E-state index contributed by atoms with van der Waals surface area (Å²) in [7, 11) is 1.32. The van der Waals surface area contributed by atoms with Crippen molar-refractivity contribution in [2.75, 3.05) is 7.11 Å². The van der Waals surface area contributed by atoms with E-state index in [4.69, 9.17) is 11.2 Å². The molecule has 0 radical (unpaired) electrons. The van der Waals surface area contributed by atoms with Gasteiger partial charge in [0.15, 0.2) is 0 Å². The lowest BCUT2D eigenvalue weighted by Crippen LogP contribution is -2.07. The summed E-state index contributed by atoms with van der Waals surface area (Å²) in [4.78, 5) is 11.5. The Kier molecular flexibility index (Phi) is 7.21. The molecule has 3 rings (SSSR count). The lowest BCUT2D eigenvalue weighted by Gasteiger charge is -2.12. The minimum atomic E-state index is -4.36. The molecule has 0 saturated heterocycles. The van der Waals surface area contributed by atoms with E-state index in [0.29, 0.717) is 11.3 Å². The highest BCUT2D eigenvalue weighted by Crippen LogP contribution is 2.31. The molecule has 0 heterocycles. The van der Waals surface area contributed by atoms with Crippen molar-refractivity contribution in [3.8, 4) is 29.2 Å². The van der Waals surface area contributed by atoms with Crippen LogP contribution in [-0.2, 0) is 22.3 Å². The minimum Gasteiger partial charge on any atom is -0.489 e. The number of terminal acetylenes is 1. The molecule has 0 N–H and O–H groups in total. The molecule has 32 heavy (non-hydrogen) atoms. The lowest BCUT2D eigenvalue weighted by atomic mass is 9.96. The number of hydrogen-bond donors (Lipinski definition) is 0. The van der Waals surface area contributed by atoms with Gasteiger partial charge in [0, 0.05) is 0 Å². The number of methoxy groups -OCH3 is 1. The molecule has 3 nitrogen and oxygen atoms in total. The van der Waals surface area contributed by atoms with Gasteiger partial charge in [-0.2, -0.15) is 13.2 Å². The van der Waals surface area contributed by atoms with E-state index >= 15 is 0 Å². The summed E-state index contributed by atoms with van der Waals surface area (Å²) < 4.78 is 48.8. The first-order valence-corrected chi connectivity index (χ1v) is 9.82. The zero-order chi connectivity index (χ0) is 23.1. The quantitative estimate of drug-likeness (QED) is 0.324. The second-order valence-electron chi connectivity index (χ2n) is 7.13. The van der Waals surface area contributed by atoms with Crippen LogP contribution in [0.2, 0.25) is 0 Å². The number of carbonyl (C=O) groups is 1. The van der Waals surface area contributed by atoms with Gasteiger partial charge in [-0.1, -0.05) is 48.4 Å². The maximum Gasteiger partial charge on any atom is 0.416 e. The van der Waals surface area contributed by atoms with Crippen molar-refractivity contribution in [1.82, 2.24) is 0 Å². The van der Waals surface area contributed by atoms with E-state index in [0.717, 1.165) is 28.8 Å². The Balaban J connectivity index is 1.65. The topological polar surface area (TPSA) is 35.5 Å². The van der Waals surface area contributed by atoms with Crippen LogP contribution in [0.25, 0.3) is 11.1 Å². The molecule has 3 aromatic carbocycles. The third-order valence-corrected chi connectivity index (χ3v) is 4.96. The number of esters is 1. The highest BCUT2D eigenvalue weighted by Gasteiger charge is 2.29. The maximum absolute atomic E-state index is 12.8. The molecule has 0 fully saturated rings. The Morgan fingerprint density at radius 1 is 1.00 bits per heavy atom. The van der Waals surface area contributed by atoms with Gasteiger partial charge in [0.25, 0.3) is 0 Å². The number of halogens is 3. The van der Waals surface area contributed by atoms with Crippen LogP contribution in [0.3, 0.4) is 0 Å². The third-order valence-electron chi connectivity index (χ3n) is 4.96. The molecule has 0 aliphatic heterocycles. The largest absolute Gasteiger partial charge is 0.489 e. The van der Waals surface area contributed by atoms with Crippen LogP contribution in [-0.4, -0.2) is 13.1 Å². The second-order valence-corrected chi connectivity index (χ2v) is 7.13. The number of hydrogen-bond acceptors (Lipinski definition) is 3. The Hall–Kier alpha value is -3.72. The Morgan fingerprint density at radius 3 is 2.28 bits per heavy atom. The van der Waals surface area contributed by atoms with Crippen molar-refractivity contribution >= 4 is 5.97 Å². The van der Waals surface area contributed by atoms with Crippen LogP contribution in [0.1, 0.15) is 29.0 Å². The molecular weight excluding hydrogens is 417 g/mol. The van der Waals surface area contributed by atoms with Gasteiger partial charge in [0.2, 0.25) is 0 Å². The summed E-state index contributed by atoms with van der Waals surface area (Å²) in [6.07, 6.45) is 1.27. The first kappa shape index (κ1) is 23.0. The van der Waals surface area contributed by atoms with E-state index in [1.165, 1.54) is 19.2 Å². The van der Waals surface area contributed by atoms with Gasteiger partial charge in [-0.3, -0.25) is 4.79 Å².